The van der Waals surface area contributed by atoms with Crippen LogP contribution in [-0.2, 0) is 0 Å². The van der Waals surface area contributed by atoms with Crippen LogP contribution < -0.4 is 10.2 Å². The van der Waals surface area contributed by atoms with Gasteiger partial charge in [-0.25, -0.2) is 4.98 Å². The monoisotopic (exact) mass is 434 g/mol. The molecular formula is C25H30N4OS. The third-order valence-electron chi connectivity index (χ3n) is 5.47. The zero-order valence-corrected chi connectivity index (χ0v) is 18.9. The molecular weight excluding hydrogens is 404 g/mol. The van der Waals surface area contributed by atoms with Crippen molar-refractivity contribution in [1.82, 2.24) is 9.88 Å². The Morgan fingerprint density at radius 1 is 1.19 bits per heavy atom. The standard InChI is InChI=1S/C25H30N4OS/c1-20-9-7-14-29(18-20)15-8-16-30-24-13-6-5-12-22(24)17-26-28-25-27-23(19-31-25)21-10-3-2-4-11-21/h2-6,10-13,17,19-20H,7-9,14-16,18H2,1H3,(H,27,28). The topological polar surface area (TPSA) is 49.8 Å². The van der Waals surface area contributed by atoms with Crippen molar-refractivity contribution in [2.75, 3.05) is 31.7 Å². The van der Waals surface area contributed by atoms with Crippen molar-refractivity contribution in [3.05, 3.63) is 65.5 Å². The summed E-state index contributed by atoms with van der Waals surface area (Å²) in [5.41, 5.74) is 6.06. The molecule has 2 heterocycles. The van der Waals surface area contributed by atoms with Gasteiger partial charge in [-0.1, -0.05) is 49.4 Å². The van der Waals surface area contributed by atoms with Crippen molar-refractivity contribution < 1.29 is 4.74 Å². The molecule has 0 bridgehead atoms. The average Bonchev–Trinajstić information content (AvgIpc) is 3.27. The van der Waals surface area contributed by atoms with E-state index in [0.29, 0.717) is 0 Å². The van der Waals surface area contributed by atoms with Crippen LogP contribution in [0.25, 0.3) is 11.3 Å². The second kappa shape index (κ2) is 11.1. The van der Waals surface area contributed by atoms with E-state index in [9.17, 15) is 0 Å². The zero-order valence-electron chi connectivity index (χ0n) is 18.0. The van der Waals surface area contributed by atoms with Crippen LogP contribution in [-0.4, -0.2) is 42.3 Å². The number of thiazole rings is 1. The van der Waals surface area contributed by atoms with Crippen molar-refractivity contribution >= 4 is 22.7 Å². The van der Waals surface area contributed by atoms with Gasteiger partial charge in [0.2, 0.25) is 5.13 Å². The summed E-state index contributed by atoms with van der Waals surface area (Å²) >= 11 is 1.54. The minimum atomic E-state index is 0.718. The van der Waals surface area contributed by atoms with Crippen LogP contribution in [0.3, 0.4) is 0 Å². The molecule has 1 saturated heterocycles. The summed E-state index contributed by atoms with van der Waals surface area (Å²) in [7, 11) is 0. The first kappa shape index (κ1) is 21.5. The van der Waals surface area contributed by atoms with Gasteiger partial charge in [-0.3, -0.25) is 5.43 Å². The van der Waals surface area contributed by atoms with Crippen molar-refractivity contribution in [2.24, 2.45) is 11.0 Å². The highest BCUT2D eigenvalue weighted by molar-refractivity contribution is 7.14. The Bertz CT molecular complexity index is 972. The molecule has 1 fully saturated rings. The van der Waals surface area contributed by atoms with Gasteiger partial charge in [0.15, 0.2) is 0 Å². The second-order valence-electron chi connectivity index (χ2n) is 8.06. The fourth-order valence-corrected chi connectivity index (χ4v) is 4.57. The Kier molecular flexibility index (Phi) is 7.69. The molecule has 1 N–H and O–H groups in total. The van der Waals surface area contributed by atoms with Crippen LogP contribution in [0.15, 0.2) is 65.1 Å². The molecule has 1 atom stereocenters. The molecule has 0 saturated carbocycles. The number of benzene rings is 2. The molecule has 5 nitrogen and oxygen atoms in total. The van der Waals surface area contributed by atoms with Crippen molar-refractivity contribution in [2.45, 2.75) is 26.2 Å². The predicted octanol–water partition coefficient (Wildman–Crippen LogP) is 5.76. The Hall–Kier alpha value is -2.70. The zero-order chi connectivity index (χ0) is 21.3. The number of para-hydroxylation sites is 1. The van der Waals surface area contributed by atoms with Gasteiger partial charge in [-0.2, -0.15) is 5.10 Å². The summed E-state index contributed by atoms with van der Waals surface area (Å²) in [6.07, 6.45) is 5.52. The smallest absolute Gasteiger partial charge is 0.203 e. The van der Waals surface area contributed by atoms with Crippen LogP contribution in [0.4, 0.5) is 5.13 Å². The summed E-state index contributed by atoms with van der Waals surface area (Å²) in [5.74, 6) is 1.69. The van der Waals surface area contributed by atoms with Gasteiger partial charge in [0.1, 0.15) is 5.75 Å². The number of ether oxygens (including phenoxy) is 1. The highest BCUT2D eigenvalue weighted by Crippen LogP contribution is 2.24. The van der Waals surface area contributed by atoms with Crippen molar-refractivity contribution in [3.8, 4) is 17.0 Å². The minimum absolute atomic E-state index is 0.718. The number of piperidine rings is 1. The molecule has 4 rings (SSSR count). The number of likely N-dealkylation sites (tertiary alicyclic amines) is 1. The first-order chi connectivity index (χ1) is 15.3. The summed E-state index contributed by atoms with van der Waals surface area (Å²) in [6, 6.07) is 18.2. The van der Waals surface area contributed by atoms with E-state index in [1.165, 1.54) is 25.9 Å². The number of nitrogens with zero attached hydrogens (tertiary/aromatic N) is 3. The predicted molar refractivity (Wildman–Crippen MR) is 130 cm³/mol. The maximum absolute atomic E-state index is 6.06. The first-order valence-electron chi connectivity index (χ1n) is 11.0. The third-order valence-corrected chi connectivity index (χ3v) is 6.22. The number of hydrogen-bond donors (Lipinski definition) is 1. The highest BCUT2D eigenvalue weighted by atomic mass is 32.1. The summed E-state index contributed by atoms with van der Waals surface area (Å²) in [5, 5.41) is 7.18. The van der Waals surface area contributed by atoms with Gasteiger partial charge in [-0.05, 0) is 43.9 Å². The fourth-order valence-electron chi connectivity index (χ4n) is 3.90. The molecule has 1 aliphatic heterocycles. The molecule has 0 amide bonds. The Morgan fingerprint density at radius 2 is 2.03 bits per heavy atom. The first-order valence-corrected chi connectivity index (χ1v) is 11.9. The lowest BCUT2D eigenvalue weighted by Crippen LogP contribution is -2.35. The quantitative estimate of drug-likeness (QED) is 0.264. The minimum Gasteiger partial charge on any atom is -0.493 e. The lowest BCUT2D eigenvalue weighted by atomic mass is 10.0. The number of aromatic nitrogens is 1. The van der Waals surface area contributed by atoms with Crippen molar-refractivity contribution in [3.63, 3.8) is 0 Å². The molecule has 31 heavy (non-hydrogen) atoms. The number of nitrogens with one attached hydrogen (secondary N) is 1. The van der Waals surface area contributed by atoms with Crippen LogP contribution in [0.5, 0.6) is 5.75 Å². The molecule has 1 unspecified atom stereocenters. The number of anilines is 1. The normalized spacial score (nSPS) is 17.1. The Balaban J connectivity index is 1.27. The molecule has 3 aromatic rings. The van der Waals surface area contributed by atoms with E-state index in [1.807, 2.05) is 47.8 Å². The van der Waals surface area contributed by atoms with Gasteiger partial charge in [0, 0.05) is 29.6 Å². The van der Waals surface area contributed by atoms with E-state index < -0.39 is 0 Å². The lowest BCUT2D eigenvalue weighted by Gasteiger charge is -2.30. The largest absolute Gasteiger partial charge is 0.493 e. The highest BCUT2D eigenvalue weighted by Gasteiger charge is 2.15. The van der Waals surface area contributed by atoms with E-state index in [2.05, 4.69) is 39.5 Å². The Morgan fingerprint density at radius 3 is 2.90 bits per heavy atom. The maximum Gasteiger partial charge on any atom is 0.203 e. The molecule has 1 aromatic heterocycles. The Labute approximate surface area is 188 Å². The SMILES string of the molecule is CC1CCCN(CCCOc2ccccc2C=NNc2nc(-c3ccccc3)cs2)C1. The molecule has 2 aromatic carbocycles. The molecule has 0 spiro atoms. The number of hydrogen-bond acceptors (Lipinski definition) is 6. The van der Waals surface area contributed by atoms with E-state index in [-0.39, 0.29) is 0 Å². The van der Waals surface area contributed by atoms with Crippen LogP contribution in [0.2, 0.25) is 0 Å². The molecule has 0 radical (unpaired) electrons. The van der Waals surface area contributed by atoms with Gasteiger partial charge >= 0.3 is 0 Å². The maximum atomic E-state index is 6.06. The van der Waals surface area contributed by atoms with E-state index >= 15 is 0 Å². The van der Waals surface area contributed by atoms with Gasteiger partial charge in [0.25, 0.3) is 0 Å². The number of rotatable bonds is 9. The molecule has 6 heteroatoms. The summed E-state index contributed by atoms with van der Waals surface area (Å²) < 4.78 is 6.06. The molecule has 162 valence electrons. The lowest BCUT2D eigenvalue weighted by molar-refractivity contribution is 0.170. The van der Waals surface area contributed by atoms with E-state index in [0.717, 1.165) is 53.2 Å². The van der Waals surface area contributed by atoms with E-state index in [1.54, 1.807) is 17.6 Å². The fraction of sp³-hybridized carbons (Fsp3) is 0.360. The molecule has 0 aliphatic carbocycles. The average molecular weight is 435 g/mol. The summed E-state index contributed by atoms with van der Waals surface area (Å²) in [6.45, 7) is 6.62. The van der Waals surface area contributed by atoms with E-state index in [4.69, 9.17) is 4.74 Å². The van der Waals surface area contributed by atoms with Crippen LogP contribution in [0.1, 0.15) is 31.7 Å². The van der Waals surface area contributed by atoms with Gasteiger partial charge < -0.3 is 9.64 Å². The van der Waals surface area contributed by atoms with Crippen LogP contribution in [0, 0.1) is 5.92 Å². The van der Waals surface area contributed by atoms with Gasteiger partial charge in [0.05, 0.1) is 18.5 Å². The van der Waals surface area contributed by atoms with Crippen LogP contribution >= 0.6 is 11.3 Å². The second-order valence-corrected chi connectivity index (χ2v) is 8.92. The third kappa shape index (κ3) is 6.39. The number of hydrazone groups is 1. The molecule has 1 aliphatic rings. The van der Waals surface area contributed by atoms with Crippen molar-refractivity contribution in [1.29, 1.82) is 0 Å². The summed E-state index contributed by atoms with van der Waals surface area (Å²) in [4.78, 5) is 7.16. The van der Waals surface area contributed by atoms with Gasteiger partial charge in [-0.15, -0.1) is 11.3 Å².